The van der Waals surface area contributed by atoms with Gasteiger partial charge >= 0.3 is 0 Å². The maximum absolute atomic E-state index is 13.9. The molecule has 0 bridgehead atoms. The number of aryl methyl sites for hydroxylation is 2. The molecule has 2 aromatic carbocycles. The molecule has 21 heavy (non-hydrogen) atoms. The normalized spacial score (nSPS) is 10.5. The van der Waals surface area contributed by atoms with E-state index in [0.717, 1.165) is 11.1 Å². The van der Waals surface area contributed by atoms with Crippen molar-refractivity contribution in [1.82, 2.24) is 4.90 Å². The van der Waals surface area contributed by atoms with Gasteiger partial charge in [-0.15, -0.1) is 0 Å². The highest BCUT2D eigenvalue weighted by atomic mass is 79.9. The first-order chi connectivity index (χ1) is 9.88. The van der Waals surface area contributed by atoms with Gasteiger partial charge in [0.2, 0.25) is 0 Å². The third kappa shape index (κ3) is 3.70. The quantitative estimate of drug-likeness (QED) is 0.799. The molecule has 0 fully saturated rings. The van der Waals surface area contributed by atoms with Crippen LogP contribution in [0.3, 0.4) is 0 Å². The molecule has 4 heteroatoms. The van der Waals surface area contributed by atoms with Gasteiger partial charge in [0.05, 0.1) is 5.56 Å². The largest absolute Gasteiger partial charge is 0.337 e. The molecule has 110 valence electrons. The summed E-state index contributed by atoms with van der Waals surface area (Å²) in [6.07, 6.45) is 0. The van der Waals surface area contributed by atoms with Gasteiger partial charge < -0.3 is 4.90 Å². The summed E-state index contributed by atoms with van der Waals surface area (Å²) in [7, 11) is 1.68. The average molecular weight is 350 g/mol. The molecule has 0 aromatic heterocycles. The Kier molecular flexibility index (Phi) is 4.78. The van der Waals surface area contributed by atoms with E-state index in [4.69, 9.17) is 0 Å². The first kappa shape index (κ1) is 15.7. The highest BCUT2D eigenvalue weighted by Crippen LogP contribution is 2.18. The van der Waals surface area contributed by atoms with Gasteiger partial charge in [0.1, 0.15) is 5.82 Å². The zero-order valence-corrected chi connectivity index (χ0v) is 13.9. The van der Waals surface area contributed by atoms with E-state index in [9.17, 15) is 9.18 Å². The first-order valence-corrected chi connectivity index (χ1v) is 7.44. The molecule has 0 saturated heterocycles. The van der Waals surface area contributed by atoms with Gasteiger partial charge in [0, 0.05) is 18.1 Å². The molecule has 0 aliphatic carbocycles. The molecule has 0 heterocycles. The molecule has 2 rings (SSSR count). The molecule has 0 N–H and O–H groups in total. The Morgan fingerprint density at radius 2 is 1.90 bits per heavy atom. The summed E-state index contributed by atoms with van der Waals surface area (Å²) < 4.78 is 14.5. The Morgan fingerprint density at radius 3 is 2.52 bits per heavy atom. The average Bonchev–Trinajstić information content (AvgIpc) is 2.41. The van der Waals surface area contributed by atoms with Crippen LogP contribution in [-0.2, 0) is 6.54 Å². The van der Waals surface area contributed by atoms with E-state index in [0.29, 0.717) is 11.0 Å². The van der Waals surface area contributed by atoms with Crippen molar-refractivity contribution in [3.63, 3.8) is 0 Å². The van der Waals surface area contributed by atoms with E-state index < -0.39 is 5.82 Å². The third-order valence-corrected chi connectivity index (χ3v) is 3.91. The highest BCUT2D eigenvalue weighted by Gasteiger charge is 2.17. The summed E-state index contributed by atoms with van der Waals surface area (Å²) in [6, 6.07) is 10.6. The van der Waals surface area contributed by atoms with Crippen LogP contribution in [0.4, 0.5) is 4.39 Å². The number of benzene rings is 2. The van der Waals surface area contributed by atoms with E-state index in [1.807, 2.05) is 26.0 Å². The number of hydrogen-bond acceptors (Lipinski definition) is 1. The van der Waals surface area contributed by atoms with Crippen LogP contribution in [0.2, 0.25) is 0 Å². The lowest BCUT2D eigenvalue weighted by Crippen LogP contribution is -2.27. The molecule has 0 aliphatic heterocycles. The van der Waals surface area contributed by atoms with Gasteiger partial charge in [-0.05, 0) is 43.2 Å². The van der Waals surface area contributed by atoms with Crippen molar-refractivity contribution in [2.45, 2.75) is 20.4 Å². The summed E-state index contributed by atoms with van der Waals surface area (Å²) in [5, 5.41) is 0. The predicted octanol–water partition coefficient (Wildman–Crippen LogP) is 4.48. The number of halogens is 2. The highest BCUT2D eigenvalue weighted by molar-refractivity contribution is 9.10. The van der Waals surface area contributed by atoms with Crippen LogP contribution in [0.25, 0.3) is 0 Å². The van der Waals surface area contributed by atoms with Crippen molar-refractivity contribution in [2.24, 2.45) is 0 Å². The van der Waals surface area contributed by atoms with Crippen LogP contribution >= 0.6 is 15.9 Å². The smallest absolute Gasteiger partial charge is 0.256 e. The van der Waals surface area contributed by atoms with Crippen molar-refractivity contribution in [3.05, 3.63) is 68.9 Å². The molecule has 0 spiro atoms. The molecule has 0 saturated carbocycles. The van der Waals surface area contributed by atoms with Crippen molar-refractivity contribution < 1.29 is 9.18 Å². The fourth-order valence-electron chi connectivity index (χ4n) is 2.22. The van der Waals surface area contributed by atoms with Crippen LogP contribution in [-0.4, -0.2) is 17.9 Å². The second-order valence-electron chi connectivity index (χ2n) is 5.22. The maximum Gasteiger partial charge on any atom is 0.256 e. The van der Waals surface area contributed by atoms with Crippen molar-refractivity contribution in [1.29, 1.82) is 0 Å². The molecular formula is C17H17BrFNO. The van der Waals surface area contributed by atoms with Gasteiger partial charge in [0.25, 0.3) is 5.91 Å². The van der Waals surface area contributed by atoms with Crippen molar-refractivity contribution in [3.8, 4) is 0 Å². The number of nitrogens with zero attached hydrogens (tertiary/aromatic N) is 1. The van der Waals surface area contributed by atoms with Crippen LogP contribution in [0, 0.1) is 19.7 Å². The number of carbonyl (C=O) groups is 1. The van der Waals surface area contributed by atoms with Crippen molar-refractivity contribution >= 4 is 21.8 Å². The lowest BCUT2D eigenvalue weighted by atomic mass is 10.1. The van der Waals surface area contributed by atoms with Gasteiger partial charge in [0.15, 0.2) is 0 Å². The van der Waals surface area contributed by atoms with Gasteiger partial charge in [-0.2, -0.15) is 0 Å². The molecule has 0 unspecified atom stereocenters. The van der Waals surface area contributed by atoms with Gasteiger partial charge in [-0.25, -0.2) is 4.39 Å². The Morgan fingerprint density at radius 1 is 1.19 bits per heavy atom. The minimum atomic E-state index is -0.512. The van der Waals surface area contributed by atoms with Crippen LogP contribution in [0.15, 0.2) is 40.9 Å². The summed E-state index contributed by atoms with van der Waals surface area (Å²) in [4.78, 5) is 13.9. The standard InChI is InChI=1S/C17H17BrFNO/c1-11-4-5-13(12(2)8-11)10-20(3)17(21)15-7-6-14(18)9-16(15)19/h4-9H,10H2,1-3H3. The molecule has 2 nitrogen and oxygen atoms in total. The van der Waals surface area contributed by atoms with Crippen LogP contribution in [0.5, 0.6) is 0 Å². The monoisotopic (exact) mass is 349 g/mol. The van der Waals surface area contributed by atoms with E-state index in [-0.39, 0.29) is 11.5 Å². The Labute approximate surface area is 132 Å². The minimum Gasteiger partial charge on any atom is -0.337 e. The van der Waals surface area contributed by atoms with Crippen LogP contribution in [0.1, 0.15) is 27.0 Å². The molecule has 0 aliphatic rings. The Bertz CT molecular complexity index is 684. The first-order valence-electron chi connectivity index (χ1n) is 6.65. The van der Waals surface area contributed by atoms with Crippen molar-refractivity contribution in [2.75, 3.05) is 7.05 Å². The number of hydrogen-bond donors (Lipinski definition) is 0. The second kappa shape index (κ2) is 6.39. The fraction of sp³-hybridized carbons (Fsp3) is 0.235. The molecule has 1 amide bonds. The summed E-state index contributed by atoms with van der Waals surface area (Å²) in [5.41, 5.74) is 3.47. The van der Waals surface area contributed by atoms with Gasteiger partial charge in [-0.3, -0.25) is 4.79 Å². The van der Waals surface area contributed by atoms with Crippen LogP contribution < -0.4 is 0 Å². The van der Waals surface area contributed by atoms with Gasteiger partial charge in [-0.1, -0.05) is 39.7 Å². The van der Waals surface area contributed by atoms with E-state index in [1.165, 1.54) is 22.6 Å². The number of amides is 1. The Balaban J connectivity index is 2.19. The zero-order chi connectivity index (χ0) is 15.6. The summed E-state index contributed by atoms with van der Waals surface area (Å²) >= 11 is 3.19. The third-order valence-electron chi connectivity index (χ3n) is 3.41. The summed E-state index contributed by atoms with van der Waals surface area (Å²) in [5.74, 6) is -0.832. The zero-order valence-electron chi connectivity index (χ0n) is 12.3. The topological polar surface area (TPSA) is 20.3 Å². The van der Waals surface area contributed by atoms with E-state index in [1.54, 1.807) is 13.1 Å². The molecule has 2 aromatic rings. The van der Waals surface area contributed by atoms with E-state index in [2.05, 4.69) is 22.0 Å². The number of rotatable bonds is 3. The molecule has 0 atom stereocenters. The number of carbonyl (C=O) groups excluding carboxylic acids is 1. The van der Waals surface area contributed by atoms with E-state index >= 15 is 0 Å². The predicted molar refractivity (Wildman–Crippen MR) is 85.8 cm³/mol. The summed E-state index contributed by atoms with van der Waals surface area (Å²) in [6.45, 7) is 4.50. The molecular weight excluding hydrogens is 333 g/mol. The second-order valence-corrected chi connectivity index (χ2v) is 6.13. The Hall–Kier alpha value is -1.68. The molecule has 0 radical (unpaired) electrons. The lowest BCUT2D eigenvalue weighted by Gasteiger charge is -2.19. The minimum absolute atomic E-state index is 0.0884. The maximum atomic E-state index is 13.9. The SMILES string of the molecule is Cc1ccc(CN(C)C(=O)c2ccc(Br)cc2F)c(C)c1. The fourth-order valence-corrected chi connectivity index (χ4v) is 2.55. The lowest BCUT2D eigenvalue weighted by molar-refractivity contribution is 0.0780.